The van der Waals surface area contributed by atoms with Gasteiger partial charge in [0.15, 0.2) is 0 Å². The Kier molecular flexibility index (Phi) is 5.83. The smallest absolute Gasteiger partial charge is 0.0350 e. The summed E-state index contributed by atoms with van der Waals surface area (Å²) < 4.78 is 0. The Morgan fingerprint density at radius 2 is 2.05 bits per heavy atom. The van der Waals surface area contributed by atoms with Crippen molar-refractivity contribution in [1.82, 2.24) is 0 Å². The maximum atomic E-state index is 5.95. The highest BCUT2D eigenvalue weighted by atomic mass is 14.5. The van der Waals surface area contributed by atoms with Gasteiger partial charge in [-0.15, -0.1) is 0 Å². The number of aryl methyl sites for hydroxylation is 1. The first-order valence-electron chi connectivity index (χ1n) is 8.18. The van der Waals surface area contributed by atoms with E-state index in [4.69, 9.17) is 5.73 Å². The first-order valence-corrected chi connectivity index (χ1v) is 8.18. The van der Waals surface area contributed by atoms with Gasteiger partial charge in [-0.05, 0) is 48.6 Å². The van der Waals surface area contributed by atoms with E-state index in [0.29, 0.717) is 5.92 Å². The predicted molar refractivity (Wildman–Crippen MR) is 96.6 cm³/mol. The van der Waals surface area contributed by atoms with Gasteiger partial charge in [0.25, 0.3) is 0 Å². The molecule has 1 aromatic carbocycles. The van der Waals surface area contributed by atoms with E-state index in [1.165, 1.54) is 16.7 Å². The van der Waals surface area contributed by atoms with Crippen LogP contribution in [-0.4, -0.2) is 0 Å². The molecule has 0 saturated heterocycles. The lowest BCUT2D eigenvalue weighted by molar-refractivity contribution is 0.722. The zero-order valence-electron chi connectivity index (χ0n) is 13.9. The highest BCUT2D eigenvalue weighted by molar-refractivity contribution is 5.48. The Balaban J connectivity index is 2.42. The van der Waals surface area contributed by atoms with Crippen LogP contribution in [0.1, 0.15) is 43.7 Å². The molecule has 0 radical (unpaired) electrons. The first kappa shape index (κ1) is 16.4. The molecule has 0 heterocycles. The summed E-state index contributed by atoms with van der Waals surface area (Å²) >= 11 is 0. The average molecular weight is 293 g/mol. The molecule has 0 aromatic heterocycles. The lowest BCUT2D eigenvalue weighted by Crippen LogP contribution is -2.08. The molecule has 0 bridgehead atoms. The van der Waals surface area contributed by atoms with Gasteiger partial charge >= 0.3 is 0 Å². The second kappa shape index (κ2) is 7.84. The molecule has 2 N–H and O–H groups in total. The summed E-state index contributed by atoms with van der Waals surface area (Å²) in [5.41, 5.74) is 11.0. The Bertz CT molecular complexity index is 595. The van der Waals surface area contributed by atoms with Crippen molar-refractivity contribution in [2.45, 2.75) is 39.5 Å². The number of hydrogen-bond donors (Lipinski definition) is 1. The van der Waals surface area contributed by atoms with Crippen LogP contribution >= 0.6 is 0 Å². The van der Waals surface area contributed by atoms with E-state index in [2.05, 4.69) is 75.4 Å². The molecule has 2 unspecified atom stereocenters. The first-order chi connectivity index (χ1) is 10.7. The maximum absolute atomic E-state index is 5.95. The lowest BCUT2D eigenvalue weighted by atomic mass is 9.81. The molecule has 0 saturated carbocycles. The van der Waals surface area contributed by atoms with Gasteiger partial charge in [-0.25, -0.2) is 0 Å². The summed E-state index contributed by atoms with van der Waals surface area (Å²) in [6.45, 7) is 6.52. The van der Waals surface area contributed by atoms with E-state index in [1.54, 1.807) is 6.20 Å². The summed E-state index contributed by atoms with van der Waals surface area (Å²) in [7, 11) is 0. The van der Waals surface area contributed by atoms with Gasteiger partial charge in [-0.2, -0.15) is 0 Å². The molecule has 22 heavy (non-hydrogen) atoms. The summed E-state index contributed by atoms with van der Waals surface area (Å²) in [5, 5.41) is 0. The highest BCUT2D eigenvalue weighted by Crippen LogP contribution is 2.35. The van der Waals surface area contributed by atoms with Gasteiger partial charge in [-0.3, -0.25) is 0 Å². The van der Waals surface area contributed by atoms with Crippen molar-refractivity contribution < 1.29 is 0 Å². The molecule has 2 rings (SSSR count). The molecular weight excluding hydrogens is 266 g/mol. The summed E-state index contributed by atoms with van der Waals surface area (Å²) in [6.07, 6.45) is 15.1. The van der Waals surface area contributed by atoms with Crippen molar-refractivity contribution in [3.05, 3.63) is 83.1 Å². The summed E-state index contributed by atoms with van der Waals surface area (Å²) in [5.74, 6) is 0.844. The third-order valence-electron chi connectivity index (χ3n) is 4.16. The fourth-order valence-electron chi connectivity index (χ4n) is 2.80. The molecule has 0 amide bonds. The Hall–Kier alpha value is -2.02. The zero-order valence-corrected chi connectivity index (χ0v) is 13.9. The number of hydrogen-bond acceptors (Lipinski definition) is 1. The molecule has 2 atom stereocenters. The second-order valence-corrected chi connectivity index (χ2v) is 6.10. The molecule has 1 nitrogen and oxygen atoms in total. The van der Waals surface area contributed by atoms with Crippen molar-refractivity contribution in [3.8, 4) is 0 Å². The summed E-state index contributed by atoms with van der Waals surface area (Å²) in [4.78, 5) is 0. The van der Waals surface area contributed by atoms with Gasteiger partial charge in [0.2, 0.25) is 0 Å². The quantitative estimate of drug-likeness (QED) is 0.722. The van der Waals surface area contributed by atoms with E-state index >= 15 is 0 Å². The van der Waals surface area contributed by atoms with Crippen LogP contribution in [0.5, 0.6) is 0 Å². The third-order valence-corrected chi connectivity index (χ3v) is 4.16. The SMILES string of the molecule is CC/C=C\C(=C/N)C(C1=CCC(C)C=C1)c1ccc(C)cc1. The third kappa shape index (κ3) is 4.00. The van der Waals surface area contributed by atoms with Crippen LogP contribution in [0.2, 0.25) is 0 Å². The second-order valence-electron chi connectivity index (χ2n) is 6.10. The minimum Gasteiger partial charge on any atom is -0.404 e. The topological polar surface area (TPSA) is 26.0 Å². The molecule has 0 fully saturated rings. The fourth-order valence-corrected chi connectivity index (χ4v) is 2.80. The Labute approximate surface area is 134 Å². The van der Waals surface area contributed by atoms with Gasteiger partial charge in [0, 0.05) is 5.92 Å². The standard InChI is InChI=1S/C21H27N/c1-4-5-6-20(15-22)21(18-11-7-16(2)8-12-18)19-13-9-17(3)10-14-19/h5-9,11-15,17,21H,4,10,22H2,1-3H3/b6-5-,20-15+. The van der Waals surface area contributed by atoms with Gasteiger partial charge in [-0.1, -0.05) is 74.1 Å². The van der Waals surface area contributed by atoms with E-state index in [-0.39, 0.29) is 5.92 Å². The number of benzene rings is 1. The molecule has 1 aliphatic rings. The van der Waals surface area contributed by atoms with Gasteiger partial charge in [0.1, 0.15) is 0 Å². The minimum absolute atomic E-state index is 0.220. The van der Waals surface area contributed by atoms with Crippen molar-refractivity contribution in [2.75, 3.05) is 0 Å². The van der Waals surface area contributed by atoms with Crippen LogP contribution in [0.15, 0.2) is 72.0 Å². The Morgan fingerprint density at radius 3 is 2.59 bits per heavy atom. The van der Waals surface area contributed by atoms with E-state index in [0.717, 1.165) is 18.4 Å². The van der Waals surface area contributed by atoms with Crippen molar-refractivity contribution in [3.63, 3.8) is 0 Å². The van der Waals surface area contributed by atoms with Crippen molar-refractivity contribution >= 4 is 0 Å². The van der Waals surface area contributed by atoms with Gasteiger partial charge < -0.3 is 5.73 Å². The van der Waals surface area contributed by atoms with Crippen molar-refractivity contribution in [1.29, 1.82) is 0 Å². The molecule has 0 spiro atoms. The zero-order chi connectivity index (χ0) is 15.9. The van der Waals surface area contributed by atoms with E-state index < -0.39 is 0 Å². The minimum atomic E-state index is 0.220. The Morgan fingerprint density at radius 1 is 1.32 bits per heavy atom. The molecule has 0 aliphatic heterocycles. The summed E-state index contributed by atoms with van der Waals surface area (Å²) in [6, 6.07) is 8.79. The molecule has 1 aromatic rings. The van der Waals surface area contributed by atoms with Crippen LogP contribution in [0.3, 0.4) is 0 Å². The number of allylic oxidation sites excluding steroid dienone is 7. The van der Waals surface area contributed by atoms with E-state index in [9.17, 15) is 0 Å². The number of rotatable bonds is 5. The predicted octanol–water partition coefficient (Wildman–Crippen LogP) is 5.41. The lowest BCUT2D eigenvalue weighted by Gasteiger charge is -2.23. The maximum Gasteiger partial charge on any atom is 0.0350 e. The van der Waals surface area contributed by atoms with Crippen LogP contribution in [0.4, 0.5) is 0 Å². The number of nitrogens with two attached hydrogens (primary N) is 1. The molecule has 1 aliphatic carbocycles. The van der Waals surface area contributed by atoms with Gasteiger partial charge in [0.05, 0.1) is 0 Å². The van der Waals surface area contributed by atoms with Crippen molar-refractivity contribution in [2.24, 2.45) is 11.7 Å². The van der Waals surface area contributed by atoms with Crippen LogP contribution < -0.4 is 5.73 Å². The largest absolute Gasteiger partial charge is 0.404 e. The van der Waals surface area contributed by atoms with Crippen LogP contribution in [-0.2, 0) is 0 Å². The van der Waals surface area contributed by atoms with Crippen LogP contribution in [0, 0.1) is 12.8 Å². The molecule has 116 valence electrons. The van der Waals surface area contributed by atoms with Crippen LogP contribution in [0.25, 0.3) is 0 Å². The highest BCUT2D eigenvalue weighted by Gasteiger charge is 2.20. The fraction of sp³-hybridized carbons (Fsp3) is 0.333. The van der Waals surface area contributed by atoms with E-state index in [1.807, 2.05) is 0 Å². The normalized spacial score (nSPS) is 20.2. The molecule has 1 heteroatoms. The monoisotopic (exact) mass is 293 g/mol. The molecular formula is C21H27N. The average Bonchev–Trinajstić information content (AvgIpc) is 2.54.